The van der Waals surface area contributed by atoms with Crippen LogP contribution in [0.3, 0.4) is 0 Å². The van der Waals surface area contributed by atoms with Crippen molar-refractivity contribution < 1.29 is 9.53 Å². The minimum atomic E-state index is -0.372. The lowest BCUT2D eigenvalue weighted by molar-refractivity contribution is -0.162. The van der Waals surface area contributed by atoms with E-state index in [-0.39, 0.29) is 17.5 Å². The van der Waals surface area contributed by atoms with E-state index >= 15 is 0 Å². The predicted octanol–water partition coefficient (Wildman–Crippen LogP) is 3.55. The van der Waals surface area contributed by atoms with Crippen LogP contribution < -0.4 is 5.73 Å². The summed E-state index contributed by atoms with van der Waals surface area (Å²) in [6.07, 6.45) is 13.8. The zero-order valence-electron chi connectivity index (χ0n) is 12.2. The Balaban J connectivity index is 1.94. The normalized spacial score (nSPS) is 25.3. The molecular weight excluding hydrogens is 238 g/mol. The number of nitrogens with two attached hydrogens (primary N) is 1. The molecule has 19 heavy (non-hydrogen) atoms. The third-order valence-electron chi connectivity index (χ3n) is 4.96. The summed E-state index contributed by atoms with van der Waals surface area (Å²) in [5, 5.41) is 0. The van der Waals surface area contributed by atoms with E-state index < -0.39 is 0 Å². The van der Waals surface area contributed by atoms with E-state index in [1.54, 1.807) is 0 Å². The van der Waals surface area contributed by atoms with E-state index in [1.807, 2.05) is 0 Å². The Morgan fingerprint density at radius 1 is 0.947 bits per heavy atom. The van der Waals surface area contributed by atoms with Gasteiger partial charge in [-0.15, -0.1) is 0 Å². The summed E-state index contributed by atoms with van der Waals surface area (Å²) >= 11 is 0. The lowest BCUT2D eigenvalue weighted by atomic mass is 9.80. The second-order valence-electron chi connectivity index (χ2n) is 6.42. The fraction of sp³-hybridized carbons (Fsp3) is 0.938. The van der Waals surface area contributed by atoms with Gasteiger partial charge in [0.1, 0.15) is 6.10 Å². The maximum absolute atomic E-state index is 12.6. The second kappa shape index (κ2) is 7.28. The van der Waals surface area contributed by atoms with Gasteiger partial charge in [-0.25, -0.2) is 0 Å². The van der Waals surface area contributed by atoms with Crippen LogP contribution in [0, 0.1) is 5.41 Å². The summed E-state index contributed by atoms with van der Waals surface area (Å²) in [7, 11) is 0. The Bertz CT molecular complexity index is 274. The van der Waals surface area contributed by atoms with Crippen LogP contribution >= 0.6 is 0 Å². The van der Waals surface area contributed by atoms with Crippen molar-refractivity contribution in [2.45, 2.75) is 83.2 Å². The molecule has 0 radical (unpaired) electrons. The van der Waals surface area contributed by atoms with Crippen molar-refractivity contribution >= 4 is 5.97 Å². The highest BCUT2D eigenvalue weighted by atomic mass is 16.5. The zero-order valence-corrected chi connectivity index (χ0v) is 12.2. The third kappa shape index (κ3) is 3.95. The molecule has 3 nitrogen and oxygen atoms in total. The van der Waals surface area contributed by atoms with Crippen molar-refractivity contribution in [2.24, 2.45) is 11.1 Å². The molecule has 2 rings (SSSR count). The van der Waals surface area contributed by atoms with Gasteiger partial charge in [-0.2, -0.15) is 0 Å². The minimum Gasteiger partial charge on any atom is -0.462 e. The van der Waals surface area contributed by atoms with Crippen LogP contribution in [0.1, 0.15) is 77.0 Å². The number of hydrogen-bond acceptors (Lipinski definition) is 3. The lowest BCUT2D eigenvalue weighted by Gasteiger charge is -2.31. The van der Waals surface area contributed by atoms with Gasteiger partial charge in [0, 0.05) is 6.54 Å². The fourth-order valence-electron chi connectivity index (χ4n) is 3.53. The van der Waals surface area contributed by atoms with Gasteiger partial charge in [-0.05, 0) is 38.5 Å². The SMILES string of the molecule is NCC1(C(=O)OC2CCCCCC2)CCCCCC1. The highest BCUT2D eigenvalue weighted by Crippen LogP contribution is 2.36. The fourth-order valence-corrected chi connectivity index (χ4v) is 3.53. The van der Waals surface area contributed by atoms with Crippen LogP contribution in [0.4, 0.5) is 0 Å². The Labute approximate surface area is 117 Å². The molecule has 2 aliphatic rings. The molecule has 0 saturated heterocycles. The van der Waals surface area contributed by atoms with Crippen molar-refractivity contribution in [3.63, 3.8) is 0 Å². The van der Waals surface area contributed by atoms with Gasteiger partial charge in [-0.1, -0.05) is 38.5 Å². The van der Waals surface area contributed by atoms with Crippen molar-refractivity contribution in [1.82, 2.24) is 0 Å². The minimum absolute atomic E-state index is 0.00352. The van der Waals surface area contributed by atoms with Crippen LogP contribution in [0.5, 0.6) is 0 Å². The van der Waals surface area contributed by atoms with E-state index in [9.17, 15) is 4.79 Å². The summed E-state index contributed by atoms with van der Waals surface area (Å²) < 4.78 is 5.84. The molecule has 0 spiro atoms. The first kappa shape index (κ1) is 14.8. The molecule has 0 aromatic rings. The van der Waals surface area contributed by atoms with Crippen molar-refractivity contribution in [1.29, 1.82) is 0 Å². The highest BCUT2D eigenvalue weighted by Gasteiger charge is 2.39. The Hall–Kier alpha value is -0.570. The standard InChI is InChI=1S/C16H29NO2/c17-13-16(11-7-3-4-8-12-16)15(18)19-14-9-5-1-2-6-10-14/h14H,1-13,17H2. The Kier molecular flexibility index (Phi) is 5.68. The summed E-state index contributed by atoms with van der Waals surface area (Å²) in [5.41, 5.74) is 5.57. The molecule has 0 aromatic carbocycles. The first-order valence-electron chi connectivity index (χ1n) is 8.18. The molecule has 2 aliphatic carbocycles. The topological polar surface area (TPSA) is 52.3 Å². The number of esters is 1. The number of rotatable bonds is 3. The van der Waals surface area contributed by atoms with Gasteiger partial charge in [0.2, 0.25) is 0 Å². The van der Waals surface area contributed by atoms with Crippen molar-refractivity contribution in [3.8, 4) is 0 Å². The lowest BCUT2D eigenvalue weighted by Crippen LogP contribution is -2.41. The van der Waals surface area contributed by atoms with Crippen LogP contribution in [0.2, 0.25) is 0 Å². The Morgan fingerprint density at radius 3 is 2.00 bits per heavy atom. The molecular formula is C16H29NO2. The monoisotopic (exact) mass is 267 g/mol. The van der Waals surface area contributed by atoms with Crippen LogP contribution in [0.15, 0.2) is 0 Å². The summed E-state index contributed by atoms with van der Waals surface area (Å²) in [6, 6.07) is 0. The average molecular weight is 267 g/mol. The summed E-state index contributed by atoms with van der Waals surface area (Å²) in [5.74, 6) is 0.00352. The molecule has 2 fully saturated rings. The molecule has 0 amide bonds. The van der Waals surface area contributed by atoms with Crippen LogP contribution in [-0.4, -0.2) is 18.6 Å². The Morgan fingerprint density at radius 2 is 1.47 bits per heavy atom. The molecule has 0 atom stereocenters. The summed E-state index contributed by atoms with van der Waals surface area (Å²) in [4.78, 5) is 12.6. The maximum Gasteiger partial charge on any atom is 0.313 e. The molecule has 0 bridgehead atoms. The number of carbonyl (C=O) groups is 1. The number of ether oxygens (including phenoxy) is 1. The first-order chi connectivity index (χ1) is 9.27. The molecule has 0 heterocycles. The zero-order chi connectivity index (χ0) is 13.6. The first-order valence-corrected chi connectivity index (χ1v) is 8.18. The van der Waals surface area contributed by atoms with Gasteiger partial charge in [0.05, 0.1) is 5.41 Å². The van der Waals surface area contributed by atoms with E-state index in [2.05, 4.69) is 0 Å². The van der Waals surface area contributed by atoms with E-state index in [0.29, 0.717) is 6.54 Å². The molecule has 2 saturated carbocycles. The van der Waals surface area contributed by atoms with E-state index in [0.717, 1.165) is 38.5 Å². The predicted molar refractivity (Wildman–Crippen MR) is 76.8 cm³/mol. The van der Waals surface area contributed by atoms with Gasteiger partial charge >= 0.3 is 5.97 Å². The molecule has 3 heteroatoms. The highest BCUT2D eigenvalue weighted by molar-refractivity contribution is 5.77. The molecule has 0 aliphatic heterocycles. The second-order valence-corrected chi connectivity index (χ2v) is 6.42. The maximum atomic E-state index is 12.6. The van der Waals surface area contributed by atoms with E-state index in [1.165, 1.54) is 38.5 Å². The van der Waals surface area contributed by atoms with Gasteiger partial charge < -0.3 is 10.5 Å². The third-order valence-corrected chi connectivity index (χ3v) is 4.96. The van der Waals surface area contributed by atoms with Gasteiger partial charge in [0.25, 0.3) is 0 Å². The molecule has 2 N–H and O–H groups in total. The summed E-state index contributed by atoms with van der Waals surface area (Å²) in [6.45, 7) is 0.457. The number of hydrogen-bond donors (Lipinski definition) is 1. The van der Waals surface area contributed by atoms with E-state index in [4.69, 9.17) is 10.5 Å². The largest absolute Gasteiger partial charge is 0.462 e. The smallest absolute Gasteiger partial charge is 0.313 e. The molecule has 0 aromatic heterocycles. The molecule has 110 valence electrons. The average Bonchev–Trinajstić information content (AvgIpc) is 2.81. The van der Waals surface area contributed by atoms with Crippen molar-refractivity contribution in [2.75, 3.05) is 6.54 Å². The van der Waals surface area contributed by atoms with Gasteiger partial charge in [0.15, 0.2) is 0 Å². The quantitative estimate of drug-likeness (QED) is 0.628. The van der Waals surface area contributed by atoms with Crippen LogP contribution in [0.25, 0.3) is 0 Å². The molecule has 0 unspecified atom stereocenters. The van der Waals surface area contributed by atoms with Crippen LogP contribution in [-0.2, 0) is 9.53 Å². The van der Waals surface area contributed by atoms with Gasteiger partial charge in [-0.3, -0.25) is 4.79 Å². The van der Waals surface area contributed by atoms with Crippen molar-refractivity contribution in [3.05, 3.63) is 0 Å². The number of carbonyl (C=O) groups excluding carboxylic acids is 1.